The number of hydrogen-bond acceptors (Lipinski definition) is 6. The third-order valence-corrected chi connectivity index (χ3v) is 11.9. The van der Waals surface area contributed by atoms with Gasteiger partial charge in [0.05, 0.1) is 26.4 Å². The Morgan fingerprint density at radius 2 is 0.903 bits per heavy atom. The van der Waals surface area contributed by atoms with Crippen LogP contribution in [0.25, 0.3) is 22.9 Å². The summed E-state index contributed by atoms with van der Waals surface area (Å²) >= 11 is 0. The molecule has 2 atom stereocenters. The van der Waals surface area contributed by atoms with Crippen molar-refractivity contribution in [2.75, 3.05) is 26.4 Å². The highest BCUT2D eigenvalue weighted by molar-refractivity contribution is 6.02. The van der Waals surface area contributed by atoms with Crippen molar-refractivity contribution >= 4 is 22.9 Å². The molecule has 0 aliphatic carbocycles. The van der Waals surface area contributed by atoms with Crippen LogP contribution < -0.4 is 28.4 Å². The second kappa shape index (κ2) is 19.7. The standard InChI is InChI=1S/C56H60O6/c1-5-9-11-19-37-59-44-27-29-48(52(39-44)57-7-3)55(42-21-15-13-16-22-42)35-33-46-50(61-55)31-25-41-26-32-51-47(54(41)46)34-36-56(62-51,43-23-17-14-18-24-43)49-30-28-45(40-53(49)58-8-4)60-38-20-12-10-6-2/h13-18,21-36,39-40H,5-12,19-20,37-38H2,1-4H3. The first-order valence-corrected chi connectivity index (χ1v) is 22.8. The second-order valence-corrected chi connectivity index (χ2v) is 16.1. The topological polar surface area (TPSA) is 55.4 Å². The molecular formula is C56H60O6. The lowest BCUT2D eigenvalue weighted by Crippen LogP contribution is -2.35. The van der Waals surface area contributed by atoms with Crippen LogP contribution in [0.1, 0.15) is 112 Å². The first kappa shape index (κ1) is 42.5. The summed E-state index contributed by atoms with van der Waals surface area (Å²) in [6.45, 7) is 10.8. The van der Waals surface area contributed by atoms with Crippen LogP contribution in [0, 0.1) is 0 Å². The molecule has 0 N–H and O–H groups in total. The SMILES string of the molecule is CCCCCCOc1ccc(C2(c3ccccc3)C=Cc3c(ccc4ccc5c(c34)C=CC(c3ccccc3)(c3ccc(OCCCCCC)cc3OCC)O5)O2)c(OCC)c1. The molecule has 320 valence electrons. The number of ether oxygens (including phenoxy) is 6. The molecule has 0 aromatic heterocycles. The first-order chi connectivity index (χ1) is 30.5. The van der Waals surface area contributed by atoms with E-state index < -0.39 is 11.2 Å². The maximum absolute atomic E-state index is 7.32. The molecule has 6 heteroatoms. The number of rotatable bonds is 20. The minimum Gasteiger partial charge on any atom is -0.493 e. The van der Waals surface area contributed by atoms with Gasteiger partial charge in [-0.25, -0.2) is 0 Å². The fourth-order valence-corrected chi connectivity index (χ4v) is 8.83. The molecule has 6 aromatic rings. The van der Waals surface area contributed by atoms with Crippen molar-refractivity contribution in [2.45, 2.75) is 90.3 Å². The Labute approximate surface area is 368 Å². The van der Waals surface area contributed by atoms with E-state index in [1.807, 2.05) is 50.2 Å². The van der Waals surface area contributed by atoms with Gasteiger partial charge in [0, 0.05) is 50.9 Å². The van der Waals surface area contributed by atoms with Crippen molar-refractivity contribution in [3.05, 3.63) is 167 Å². The van der Waals surface area contributed by atoms with E-state index >= 15 is 0 Å². The molecule has 6 aromatic carbocycles. The lowest BCUT2D eigenvalue weighted by atomic mass is 9.81. The van der Waals surface area contributed by atoms with Gasteiger partial charge in [-0.3, -0.25) is 0 Å². The molecule has 2 unspecified atom stereocenters. The lowest BCUT2D eigenvalue weighted by Gasteiger charge is -2.38. The monoisotopic (exact) mass is 828 g/mol. The molecule has 2 heterocycles. The summed E-state index contributed by atoms with van der Waals surface area (Å²) in [5.74, 6) is 4.61. The Kier molecular flexibility index (Phi) is 13.5. The van der Waals surface area contributed by atoms with Gasteiger partial charge < -0.3 is 28.4 Å². The highest BCUT2D eigenvalue weighted by Gasteiger charge is 2.42. The van der Waals surface area contributed by atoms with Gasteiger partial charge >= 0.3 is 0 Å². The summed E-state index contributed by atoms with van der Waals surface area (Å²) in [5.41, 5.74) is 3.89. The van der Waals surface area contributed by atoms with E-state index in [1.165, 1.54) is 25.7 Å². The van der Waals surface area contributed by atoms with E-state index in [9.17, 15) is 0 Å². The Morgan fingerprint density at radius 1 is 0.452 bits per heavy atom. The second-order valence-electron chi connectivity index (χ2n) is 16.1. The van der Waals surface area contributed by atoms with Crippen molar-refractivity contribution < 1.29 is 28.4 Å². The lowest BCUT2D eigenvalue weighted by molar-refractivity contribution is 0.154. The molecule has 0 spiro atoms. The average Bonchev–Trinajstić information content (AvgIpc) is 3.31. The number of fused-ring (bicyclic) bond motifs is 5. The van der Waals surface area contributed by atoms with Gasteiger partial charge in [0.1, 0.15) is 34.5 Å². The fraction of sp³-hybridized carbons (Fsp3) is 0.321. The summed E-state index contributed by atoms with van der Waals surface area (Å²) in [6.07, 6.45) is 18.0. The minimum atomic E-state index is -0.962. The molecule has 0 radical (unpaired) electrons. The van der Waals surface area contributed by atoms with Crippen LogP contribution >= 0.6 is 0 Å². The van der Waals surface area contributed by atoms with Crippen LogP contribution in [0.3, 0.4) is 0 Å². The molecule has 6 nitrogen and oxygen atoms in total. The summed E-state index contributed by atoms with van der Waals surface area (Å²) < 4.78 is 39.8. The van der Waals surface area contributed by atoms with Crippen LogP contribution in [-0.4, -0.2) is 26.4 Å². The third kappa shape index (κ3) is 8.66. The summed E-state index contributed by atoms with van der Waals surface area (Å²) in [4.78, 5) is 0. The van der Waals surface area contributed by atoms with Gasteiger partial charge in [-0.05, 0) is 92.8 Å². The van der Waals surface area contributed by atoms with Crippen molar-refractivity contribution in [3.63, 3.8) is 0 Å². The zero-order valence-corrected chi connectivity index (χ0v) is 36.8. The number of hydrogen-bond donors (Lipinski definition) is 0. The highest BCUT2D eigenvalue weighted by atomic mass is 16.5. The van der Waals surface area contributed by atoms with Crippen LogP contribution in [0.2, 0.25) is 0 Å². The first-order valence-electron chi connectivity index (χ1n) is 22.8. The van der Waals surface area contributed by atoms with Crippen LogP contribution in [0.5, 0.6) is 34.5 Å². The van der Waals surface area contributed by atoms with Crippen molar-refractivity contribution in [2.24, 2.45) is 0 Å². The zero-order chi connectivity index (χ0) is 42.8. The van der Waals surface area contributed by atoms with Crippen molar-refractivity contribution in [3.8, 4) is 34.5 Å². The molecular weight excluding hydrogens is 769 g/mol. The largest absolute Gasteiger partial charge is 0.493 e. The molecule has 0 amide bonds. The van der Waals surface area contributed by atoms with Gasteiger partial charge in [-0.2, -0.15) is 0 Å². The maximum Gasteiger partial charge on any atom is 0.181 e. The van der Waals surface area contributed by atoms with Gasteiger partial charge in [0.25, 0.3) is 0 Å². The van der Waals surface area contributed by atoms with Gasteiger partial charge in [0.15, 0.2) is 11.2 Å². The zero-order valence-electron chi connectivity index (χ0n) is 36.8. The Bertz CT molecular complexity index is 2320. The van der Waals surface area contributed by atoms with Crippen LogP contribution in [0.15, 0.2) is 133 Å². The van der Waals surface area contributed by atoms with Crippen LogP contribution in [0.4, 0.5) is 0 Å². The van der Waals surface area contributed by atoms with Gasteiger partial charge in [-0.1, -0.05) is 125 Å². The predicted octanol–water partition coefficient (Wildman–Crippen LogP) is 14.3. The molecule has 62 heavy (non-hydrogen) atoms. The van der Waals surface area contributed by atoms with Crippen LogP contribution in [-0.2, 0) is 11.2 Å². The minimum absolute atomic E-state index is 0.509. The maximum atomic E-state index is 7.32. The van der Waals surface area contributed by atoms with Crippen molar-refractivity contribution in [1.82, 2.24) is 0 Å². The third-order valence-electron chi connectivity index (χ3n) is 11.9. The quantitative estimate of drug-likeness (QED) is 0.0715. The van der Waals surface area contributed by atoms with E-state index in [0.29, 0.717) is 26.4 Å². The molecule has 2 aliphatic heterocycles. The number of unbranched alkanes of at least 4 members (excludes halogenated alkanes) is 6. The Balaban J connectivity index is 1.19. The molecule has 0 bridgehead atoms. The smallest absolute Gasteiger partial charge is 0.181 e. The van der Waals surface area contributed by atoms with E-state index in [0.717, 1.165) is 104 Å². The average molecular weight is 829 g/mol. The molecule has 8 rings (SSSR count). The summed E-state index contributed by atoms with van der Waals surface area (Å²) in [5, 5.41) is 2.15. The summed E-state index contributed by atoms with van der Waals surface area (Å²) in [7, 11) is 0. The Morgan fingerprint density at radius 3 is 1.32 bits per heavy atom. The van der Waals surface area contributed by atoms with Gasteiger partial charge in [0.2, 0.25) is 0 Å². The molecule has 2 aliphatic rings. The van der Waals surface area contributed by atoms with E-state index in [4.69, 9.17) is 28.4 Å². The number of benzene rings is 6. The fourth-order valence-electron chi connectivity index (χ4n) is 8.83. The highest BCUT2D eigenvalue weighted by Crippen LogP contribution is 2.51. The normalized spacial score (nSPS) is 17.4. The predicted molar refractivity (Wildman–Crippen MR) is 252 cm³/mol. The molecule has 0 saturated heterocycles. The van der Waals surface area contributed by atoms with E-state index in [1.54, 1.807) is 0 Å². The Hall–Kier alpha value is -6.14. The molecule has 0 fully saturated rings. The molecule has 0 saturated carbocycles. The van der Waals surface area contributed by atoms with E-state index in [-0.39, 0.29) is 0 Å². The van der Waals surface area contributed by atoms with Gasteiger partial charge in [-0.15, -0.1) is 0 Å². The van der Waals surface area contributed by atoms with E-state index in [2.05, 4.69) is 123 Å². The van der Waals surface area contributed by atoms with Crippen molar-refractivity contribution in [1.29, 1.82) is 0 Å². The summed E-state index contributed by atoms with van der Waals surface area (Å²) in [6, 6.07) is 41.5.